The molecule has 159 valence electrons. The molecule has 0 aromatic heterocycles. The smallest absolute Gasteiger partial charge is 0.261 e. The molecule has 0 aliphatic carbocycles. The summed E-state index contributed by atoms with van der Waals surface area (Å²) in [5, 5.41) is 2.68. The van der Waals surface area contributed by atoms with E-state index in [2.05, 4.69) is 15.0 Å². The molecule has 11 heteroatoms. The minimum absolute atomic E-state index is 0. The van der Waals surface area contributed by atoms with Crippen molar-refractivity contribution in [2.45, 2.75) is 30.7 Å². The molecule has 1 radical (unpaired) electrons. The van der Waals surface area contributed by atoms with Crippen molar-refractivity contribution in [3.05, 3.63) is 59.8 Å². The molecule has 0 aliphatic heterocycles. The maximum atomic E-state index is 12.5. The number of aryl methyl sites for hydroxylation is 1. The maximum Gasteiger partial charge on any atom is 0.261 e. The van der Waals surface area contributed by atoms with Gasteiger partial charge in [-0.1, -0.05) is 36.7 Å². The second-order valence-electron chi connectivity index (χ2n) is 6.44. The molecular formula is C19H25AcN6O3S-. The minimum Gasteiger partial charge on any atom is -0.667 e. The summed E-state index contributed by atoms with van der Waals surface area (Å²) in [6.45, 7) is 2.13. The number of amides is 1. The Morgan fingerprint density at radius 1 is 1.17 bits per heavy atom. The fraction of sp³-hybridized carbons (Fsp3) is 0.263. The molecule has 2 aromatic carbocycles. The van der Waals surface area contributed by atoms with Gasteiger partial charge in [-0.05, 0) is 43.2 Å². The molecule has 0 saturated carbocycles. The van der Waals surface area contributed by atoms with Crippen LogP contribution in [-0.2, 0) is 14.8 Å². The van der Waals surface area contributed by atoms with Crippen LogP contribution in [0.25, 0.3) is 5.73 Å². The third-order valence-electron chi connectivity index (χ3n) is 4.06. The first-order valence-electron chi connectivity index (χ1n) is 8.95. The third kappa shape index (κ3) is 8.22. The van der Waals surface area contributed by atoms with Crippen LogP contribution in [0.1, 0.15) is 18.4 Å². The minimum atomic E-state index is -3.74. The number of nitrogens with two attached hydrogens (primary N) is 2. The van der Waals surface area contributed by atoms with Gasteiger partial charge in [-0.2, -0.15) is 0 Å². The molecule has 0 unspecified atom stereocenters. The zero-order valence-corrected chi connectivity index (χ0v) is 22.2. The van der Waals surface area contributed by atoms with Crippen LogP contribution in [0, 0.1) is 51.0 Å². The zero-order chi connectivity index (χ0) is 21.4. The molecular weight excluding hydrogens is 619 g/mol. The van der Waals surface area contributed by atoms with E-state index in [-0.39, 0.29) is 54.9 Å². The molecule has 2 aromatic rings. The molecule has 0 aliphatic rings. The van der Waals surface area contributed by atoms with Crippen LogP contribution in [0.2, 0.25) is 0 Å². The Labute approximate surface area is 212 Å². The number of rotatable bonds is 9. The summed E-state index contributed by atoms with van der Waals surface area (Å²) < 4.78 is 27.4. The van der Waals surface area contributed by atoms with Gasteiger partial charge in [0.05, 0.1) is 10.6 Å². The quantitative estimate of drug-likeness (QED) is 0.187. The van der Waals surface area contributed by atoms with Gasteiger partial charge in [0.15, 0.2) is 5.96 Å². The number of carbonyl (C=O) groups is 1. The van der Waals surface area contributed by atoms with E-state index in [1.54, 1.807) is 37.3 Å². The molecule has 2 rings (SSSR count). The molecule has 7 N–H and O–H groups in total. The molecule has 0 heterocycles. The van der Waals surface area contributed by atoms with Crippen molar-refractivity contribution in [3.8, 4) is 0 Å². The van der Waals surface area contributed by atoms with E-state index in [1.165, 1.54) is 18.2 Å². The van der Waals surface area contributed by atoms with E-state index in [9.17, 15) is 13.2 Å². The number of aliphatic imine (C=N–C) groups is 1. The predicted octanol–water partition coefficient (Wildman–Crippen LogP) is 2.21. The monoisotopic (exact) mass is 644 g/mol. The average Bonchev–Trinajstić information content (AvgIpc) is 2.68. The fourth-order valence-electron chi connectivity index (χ4n) is 2.49. The van der Waals surface area contributed by atoms with Gasteiger partial charge in [-0.25, -0.2) is 8.42 Å². The average molecular weight is 645 g/mol. The number of sulfonamides is 1. The van der Waals surface area contributed by atoms with Crippen LogP contribution in [-0.4, -0.2) is 32.9 Å². The molecule has 0 spiro atoms. The molecule has 0 saturated heterocycles. The topological polar surface area (TPSA) is 163 Å². The van der Waals surface area contributed by atoms with Crippen molar-refractivity contribution in [2.75, 3.05) is 16.6 Å². The van der Waals surface area contributed by atoms with E-state index >= 15 is 0 Å². The van der Waals surface area contributed by atoms with Crippen LogP contribution in [0.3, 0.4) is 0 Å². The van der Waals surface area contributed by atoms with Crippen molar-refractivity contribution >= 4 is 33.3 Å². The first kappa shape index (κ1) is 26.4. The van der Waals surface area contributed by atoms with Crippen molar-refractivity contribution in [1.29, 1.82) is 0 Å². The van der Waals surface area contributed by atoms with Crippen LogP contribution in [0.15, 0.2) is 58.4 Å². The fourth-order valence-corrected chi connectivity index (χ4v) is 3.56. The largest absolute Gasteiger partial charge is 0.667 e. The standard InChI is InChI=1S/C19H25N6O3S.Ac/c1-13-9-10-14(25-29(27,28)15-6-3-2-4-7-15)12-17(13)24-18(26)16(20)8-5-11-23-19(21)22;/h2-4,6-7,9-10,12,16,20,25H,5,8,11H2,1H3,(H,24,26)(H4,21,22,23);/q-1;/t16-;/m1./s1. The van der Waals surface area contributed by atoms with Crippen LogP contribution >= 0.6 is 0 Å². The Hall–Kier alpha value is -1.67. The van der Waals surface area contributed by atoms with E-state index < -0.39 is 22.0 Å². The molecule has 9 nitrogen and oxygen atoms in total. The summed E-state index contributed by atoms with van der Waals surface area (Å²) in [5.74, 6) is -0.512. The maximum absolute atomic E-state index is 12.5. The van der Waals surface area contributed by atoms with Crippen LogP contribution in [0.4, 0.5) is 11.4 Å². The zero-order valence-electron chi connectivity index (χ0n) is 16.6. The van der Waals surface area contributed by atoms with Gasteiger partial charge < -0.3 is 22.5 Å². The predicted molar refractivity (Wildman–Crippen MR) is 115 cm³/mol. The Balaban J connectivity index is 0.00000450. The summed E-state index contributed by atoms with van der Waals surface area (Å²) in [7, 11) is -3.74. The number of anilines is 2. The Kier molecular flexibility index (Phi) is 10.8. The summed E-state index contributed by atoms with van der Waals surface area (Å²) in [4.78, 5) is 16.2. The summed E-state index contributed by atoms with van der Waals surface area (Å²) in [5.41, 5.74) is 19.9. The number of hydrogen-bond donors (Lipinski definition) is 4. The van der Waals surface area contributed by atoms with Gasteiger partial charge in [0, 0.05) is 56.3 Å². The Bertz CT molecular complexity index is 979. The van der Waals surface area contributed by atoms with Crippen LogP contribution < -0.4 is 21.5 Å². The summed E-state index contributed by atoms with van der Waals surface area (Å²) >= 11 is 0. The number of carbonyl (C=O) groups excluding carboxylic acids is 1. The second kappa shape index (κ2) is 12.2. The van der Waals surface area contributed by atoms with Crippen molar-refractivity contribution < 1.29 is 57.3 Å². The van der Waals surface area contributed by atoms with Crippen molar-refractivity contribution in [2.24, 2.45) is 16.5 Å². The van der Waals surface area contributed by atoms with Crippen molar-refractivity contribution in [3.63, 3.8) is 0 Å². The van der Waals surface area contributed by atoms with Crippen molar-refractivity contribution in [1.82, 2.24) is 0 Å². The first-order chi connectivity index (χ1) is 13.7. The molecule has 1 amide bonds. The van der Waals surface area contributed by atoms with E-state index in [4.69, 9.17) is 17.2 Å². The van der Waals surface area contributed by atoms with Crippen LogP contribution in [0.5, 0.6) is 0 Å². The number of guanidine groups is 1. The second-order valence-corrected chi connectivity index (χ2v) is 8.12. The number of nitrogens with zero attached hydrogens (tertiary/aromatic N) is 1. The van der Waals surface area contributed by atoms with Gasteiger partial charge in [-0.15, -0.1) is 0 Å². The first-order valence-corrected chi connectivity index (χ1v) is 10.4. The molecule has 1 atom stereocenters. The SMILES string of the molecule is Cc1ccc(NS(=O)(=O)c2ccccc2)cc1NC(=O)[C@H]([NH-])CCCN=C(N)N.[Ac]. The third-order valence-corrected chi connectivity index (χ3v) is 5.46. The van der Waals surface area contributed by atoms with E-state index in [0.717, 1.165) is 5.56 Å². The molecule has 0 fully saturated rings. The number of benzene rings is 2. The number of hydrogen-bond acceptors (Lipinski definition) is 4. The summed E-state index contributed by atoms with van der Waals surface area (Å²) in [6, 6.07) is 11.8. The Morgan fingerprint density at radius 2 is 1.83 bits per heavy atom. The molecule has 30 heavy (non-hydrogen) atoms. The van der Waals surface area contributed by atoms with Gasteiger partial charge in [0.25, 0.3) is 10.0 Å². The van der Waals surface area contributed by atoms with Gasteiger partial charge in [0.1, 0.15) is 0 Å². The molecule has 0 bridgehead atoms. The van der Waals surface area contributed by atoms with Gasteiger partial charge >= 0.3 is 0 Å². The van der Waals surface area contributed by atoms with Gasteiger partial charge in [-0.3, -0.25) is 14.5 Å². The van der Waals surface area contributed by atoms with E-state index in [0.29, 0.717) is 30.8 Å². The Morgan fingerprint density at radius 3 is 2.47 bits per heavy atom. The normalized spacial score (nSPS) is 11.7. The number of nitrogens with one attached hydrogen (secondary N) is 3. The van der Waals surface area contributed by atoms with E-state index in [1.807, 2.05) is 0 Å². The summed E-state index contributed by atoms with van der Waals surface area (Å²) in [6.07, 6.45) is 0.789. The van der Waals surface area contributed by atoms with Gasteiger partial charge in [0.2, 0.25) is 5.91 Å².